The van der Waals surface area contributed by atoms with Gasteiger partial charge < -0.3 is 9.64 Å². The lowest BCUT2D eigenvalue weighted by atomic mass is 9.86. The summed E-state index contributed by atoms with van der Waals surface area (Å²) >= 11 is 0. The van der Waals surface area contributed by atoms with Crippen LogP contribution in [-0.4, -0.2) is 68.2 Å². The zero-order chi connectivity index (χ0) is 24.9. The topological polar surface area (TPSA) is 36.0 Å². The fourth-order valence-electron chi connectivity index (χ4n) is 6.08. The Labute approximate surface area is 213 Å². The fourth-order valence-corrected chi connectivity index (χ4v) is 6.08. The molecule has 0 aliphatic carbocycles. The maximum atomic E-state index is 14.3. The van der Waals surface area contributed by atoms with Gasteiger partial charge in [-0.25, -0.2) is 4.39 Å². The van der Waals surface area contributed by atoms with E-state index in [-0.39, 0.29) is 11.8 Å². The largest absolute Gasteiger partial charge is 0.469 e. The Hall–Kier alpha value is -2.96. The van der Waals surface area contributed by atoms with Gasteiger partial charge in [-0.05, 0) is 53.8 Å². The first-order chi connectivity index (χ1) is 17.6. The van der Waals surface area contributed by atoms with Gasteiger partial charge in [-0.3, -0.25) is 14.6 Å². The van der Waals surface area contributed by atoms with Gasteiger partial charge in [0.15, 0.2) is 0 Å². The molecule has 3 aromatic rings. The predicted molar refractivity (Wildman–Crippen MR) is 143 cm³/mol. The molecule has 0 N–H and O–H groups in total. The number of rotatable bonds is 7. The molecule has 2 atom stereocenters. The van der Waals surface area contributed by atoms with Crippen molar-refractivity contribution in [2.75, 3.05) is 51.3 Å². The summed E-state index contributed by atoms with van der Waals surface area (Å²) < 4.78 is 19.3. The Morgan fingerprint density at radius 3 is 2.50 bits per heavy atom. The molecule has 0 radical (unpaired) electrons. The molecule has 0 spiro atoms. The number of hydrogen-bond donors (Lipinski definition) is 0. The van der Waals surface area contributed by atoms with Crippen LogP contribution in [-0.2, 0) is 16.1 Å². The molecule has 3 aromatic carbocycles. The second-order valence-corrected chi connectivity index (χ2v) is 10.1. The number of likely N-dealkylation sites (tertiary alicyclic amines) is 1. The number of esters is 1. The first-order valence-corrected chi connectivity index (χ1v) is 13.1. The molecule has 0 saturated carbocycles. The highest BCUT2D eigenvalue weighted by atomic mass is 19.1. The Bertz CT molecular complexity index is 1170. The van der Waals surface area contributed by atoms with Gasteiger partial charge in [0.1, 0.15) is 5.82 Å². The molecule has 0 unspecified atom stereocenters. The van der Waals surface area contributed by atoms with E-state index in [0.717, 1.165) is 58.7 Å². The Kier molecular flexibility index (Phi) is 7.83. The van der Waals surface area contributed by atoms with Crippen LogP contribution in [0.2, 0.25) is 0 Å². The summed E-state index contributed by atoms with van der Waals surface area (Å²) in [6.07, 6.45) is 2.36. The quantitative estimate of drug-likeness (QED) is 0.439. The molecule has 0 aromatic heterocycles. The number of piperazine rings is 1. The monoisotopic (exact) mass is 489 g/mol. The van der Waals surface area contributed by atoms with Gasteiger partial charge in [-0.15, -0.1) is 0 Å². The van der Waals surface area contributed by atoms with Crippen molar-refractivity contribution in [2.45, 2.75) is 31.8 Å². The standard InChI is InChI=1S/C30H36FN3O2/c1-36-30(35)14-13-25-22-32(21-24-9-6-8-23-7-2-3-10-26(23)24)16-15-28(25)33-17-19-34(20-18-33)29-12-5-4-11-27(29)31/h2-12,25,28H,13-22H2,1H3/t25-,28+/m0/s1. The number of piperidine rings is 1. The predicted octanol–water partition coefficient (Wildman–Crippen LogP) is 4.94. The molecule has 190 valence electrons. The first-order valence-electron chi connectivity index (χ1n) is 13.1. The van der Waals surface area contributed by atoms with Crippen LogP contribution in [0.3, 0.4) is 0 Å². The molecule has 2 heterocycles. The Morgan fingerprint density at radius 1 is 0.944 bits per heavy atom. The van der Waals surface area contributed by atoms with Crippen molar-refractivity contribution >= 4 is 22.4 Å². The van der Waals surface area contributed by atoms with Gasteiger partial charge in [0.05, 0.1) is 12.8 Å². The van der Waals surface area contributed by atoms with E-state index in [1.54, 1.807) is 6.07 Å². The number of benzene rings is 3. The number of fused-ring (bicyclic) bond motifs is 1. The summed E-state index contributed by atoms with van der Waals surface area (Å²) in [6.45, 7) is 6.40. The number of ether oxygens (including phenoxy) is 1. The van der Waals surface area contributed by atoms with Crippen molar-refractivity contribution in [3.8, 4) is 0 Å². The van der Waals surface area contributed by atoms with Crippen molar-refractivity contribution in [2.24, 2.45) is 5.92 Å². The molecule has 0 bridgehead atoms. The summed E-state index contributed by atoms with van der Waals surface area (Å²) in [7, 11) is 1.47. The second kappa shape index (κ2) is 11.4. The van der Waals surface area contributed by atoms with E-state index in [0.29, 0.717) is 24.1 Å². The van der Waals surface area contributed by atoms with Gasteiger partial charge in [0, 0.05) is 51.7 Å². The van der Waals surface area contributed by atoms with Crippen molar-refractivity contribution in [3.63, 3.8) is 0 Å². The van der Waals surface area contributed by atoms with Gasteiger partial charge in [0.25, 0.3) is 0 Å². The maximum absolute atomic E-state index is 14.3. The summed E-state index contributed by atoms with van der Waals surface area (Å²) in [4.78, 5) is 19.3. The SMILES string of the molecule is COC(=O)CC[C@H]1CN(Cc2cccc3ccccc23)CC[C@H]1N1CCN(c2ccccc2F)CC1. The van der Waals surface area contributed by atoms with E-state index >= 15 is 0 Å². The van der Waals surface area contributed by atoms with Gasteiger partial charge in [-0.1, -0.05) is 54.6 Å². The van der Waals surface area contributed by atoms with Crippen LogP contribution in [0.25, 0.3) is 10.8 Å². The van der Waals surface area contributed by atoms with E-state index in [9.17, 15) is 9.18 Å². The lowest BCUT2D eigenvalue weighted by molar-refractivity contribution is -0.141. The lowest BCUT2D eigenvalue weighted by Crippen LogP contribution is -2.56. The summed E-state index contributed by atoms with van der Waals surface area (Å²) in [5.74, 6) is 0.112. The summed E-state index contributed by atoms with van der Waals surface area (Å²) in [6, 6.07) is 22.6. The smallest absolute Gasteiger partial charge is 0.305 e. The van der Waals surface area contributed by atoms with Crippen molar-refractivity contribution in [1.29, 1.82) is 0 Å². The molecule has 6 heteroatoms. The number of methoxy groups -OCH3 is 1. The molecular weight excluding hydrogens is 453 g/mol. The van der Waals surface area contributed by atoms with Crippen LogP contribution >= 0.6 is 0 Å². The average Bonchev–Trinajstić information content (AvgIpc) is 2.92. The van der Waals surface area contributed by atoms with E-state index in [1.807, 2.05) is 12.1 Å². The van der Waals surface area contributed by atoms with Crippen LogP contribution in [0, 0.1) is 11.7 Å². The molecule has 2 aliphatic heterocycles. The van der Waals surface area contributed by atoms with Crippen LogP contribution in [0.4, 0.5) is 10.1 Å². The molecule has 36 heavy (non-hydrogen) atoms. The fraction of sp³-hybridized carbons (Fsp3) is 0.433. The van der Waals surface area contributed by atoms with Gasteiger partial charge in [0.2, 0.25) is 0 Å². The zero-order valence-corrected chi connectivity index (χ0v) is 21.1. The average molecular weight is 490 g/mol. The minimum Gasteiger partial charge on any atom is -0.469 e. The third kappa shape index (κ3) is 5.55. The molecule has 2 saturated heterocycles. The molecule has 0 amide bonds. The number of nitrogens with zero attached hydrogens (tertiary/aromatic N) is 3. The normalized spacial score (nSPS) is 21.6. The minimum absolute atomic E-state index is 0.135. The molecular formula is C30H36FN3O2. The highest BCUT2D eigenvalue weighted by Crippen LogP contribution is 2.30. The number of hydrogen-bond acceptors (Lipinski definition) is 5. The Balaban J connectivity index is 1.26. The van der Waals surface area contributed by atoms with Crippen LogP contribution in [0.1, 0.15) is 24.8 Å². The van der Waals surface area contributed by atoms with Crippen molar-refractivity contribution < 1.29 is 13.9 Å². The van der Waals surface area contributed by atoms with Crippen molar-refractivity contribution in [3.05, 3.63) is 78.1 Å². The zero-order valence-electron chi connectivity index (χ0n) is 21.1. The highest BCUT2D eigenvalue weighted by Gasteiger charge is 2.35. The van der Waals surface area contributed by atoms with Gasteiger partial charge in [-0.2, -0.15) is 0 Å². The number of anilines is 1. The number of halogens is 1. The number of para-hydroxylation sites is 1. The van der Waals surface area contributed by atoms with Crippen LogP contribution in [0.5, 0.6) is 0 Å². The number of carbonyl (C=O) groups is 1. The first kappa shape index (κ1) is 24.7. The molecule has 2 aliphatic rings. The van der Waals surface area contributed by atoms with E-state index in [2.05, 4.69) is 57.2 Å². The summed E-state index contributed by atoms with van der Waals surface area (Å²) in [5, 5.41) is 2.59. The lowest BCUT2D eigenvalue weighted by Gasteiger charge is -2.47. The second-order valence-electron chi connectivity index (χ2n) is 10.1. The van der Waals surface area contributed by atoms with E-state index in [4.69, 9.17) is 4.74 Å². The summed E-state index contributed by atoms with van der Waals surface area (Å²) in [5.41, 5.74) is 2.06. The minimum atomic E-state index is -0.149. The Morgan fingerprint density at radius 2 is 1.69 bits per heavy atom. The van der Waals surface area contributed by atoms with Gasteiger partial charge >= 0.3 is 5.97 Å². The number of carbonyl (C=O) groups excluding carboxylic acids is 1. The molecule has 5 rings (SSSR count). The molecule has 2 fully saturated rings. The highest BCUT2D eigenvalue weighted by molar-refractivity contribution is 5.85. The maximum Gasteiger partial charge on any atom is 0.305 e. The van der Waals surface area contributed by atoms with E-state index < -0.39 is 0 Å². The van der Waals surface area contributed by atoms with Crippen LogP contribution in [0.15, 0.2) is 66.7 Å². The third-order valence-corrected chi connectivity index (χ3v) is 7.98. The van der Waals surface area contributed by atoms with E-state index in [1.165, 1.54) is 29.5 Å². The van der Waals surface area contributed by atoms with Crippen molar-refractivity contribution in [1.82, 2.24) is 9.80 Å². The third-order valence-electron chi connectivity index (χ3n) is 7.98. The van der Waals surface area contributed by atoms with Crippen LogP contribution < -0.4 is 4.90 Å². The molecule has 5 nitrogen and oxygen atoms in total.